The van der Waals surface area contributed by atoms with E-state index in [1.54, 1.807) is 32.9 Å². The number of amides is 3. The molecule has 1 aromatic carbocycles. The zero-order valence-electron chi connectivity index (χ0n) is 16.8. The van der Waals surface area contributed by atoms with Gasteiger partial charge >= 0.3 is 6.09 Å². The minimum absolute atomic E-state index is 0.140. The highest BCUT2D eigenvalue weighted by atomic mass is 35.5. The molecule has 0 fully saturated rings. The van der Waals surface area contributed by atoms with Crippen LogP contribution in [0.5, 0.6) is 5.75 Å². The maximum atomic E-state index is 11.8. The average molecular weight is 448 g/mol. The van der Waals surface area contributed by atoms with Crippen molar-refractivity contribution in [3.8, 4) is 5.75 Å². The van der Waals surface area contributed by atoms with Crippen molar-refractivity contribution in [2.24, 2.45) is 0 Å². The SMILES string of the molecule is CC(C)(C)OC(=O)NCCC(=O)NCCCNC(=O)COc1ccc(Cl)cc1Cl. The Morgan fingerprint density at radius 2 is 1.62 bits per heavy atom. The van der Waals surface area contributed by atoms with Crippen molar-refractivity contribution < 1.29 is 23.9 Å². The molecule has 0 aliphatic carbocycles. The number of carbonyl (C=O) groups is 3. The molecule has 8 nitrogen and oxygen atoms in total. The lowest BCUT2D eigenvalue weighted by Crippen LogP contribution is -2.36. The molecular weight excluding hydrogens is 421 g/mol. The van der Waals surface area contributed by atoms with Gasteiger partial charge in [0.05, 0.1) is 5.02 Å². The van der Waals surface area contributed by atoms with E-state index in [1.807, 2.05) is 0 Å². The zero-order chi connectivity index (χ0) is 21.9. The minimum Gasteiger partial charge on any atom is -0.482 e. The summed E-state index contributed by atoms with van der Waals surface area (Å²) in [5, 5.41) is 8.71. The van der Waals surface area contributed by atoms with Crippen LogP contribution in [0.25, 0.3) is 0 Å². The van der Waals surface area contributed by atoms with Gasteiger partial charge in [-0.1, -0.05) is 23.2 Å². The summed E-state index contributed by atoms with van der Waals surface area (Å²) in [5.41, 5.74) is -0.580. The number of rotatable bonds is 10. The van der Waals surface area contributed by atoms with Crippen LogP contribution < -0.4 is 20.7 Å². The molecule has 0 radical (unpaired) electrons. The Hall–Kier alpha value is -2.19. The van der Waals surface area contributed by atoms with Crippen molar-refractivity contribution in [2.45, 2.75) is 39.2 Å². The maximum Gasteiger partial charge on any atom is 0.407 e. The molecule has 0 aromatic heterocycles. The van der Waals surface area contributed by atoms with Gasteiger partial charge in [0.25, 0.3) is 5.91 Å². The monoisotopic (exact) mass is 447 g/mol. The van der Waals surface area contributed by atoms with Gasteiger partial charge in [-0.05, 0) is 45.4 Å². The Morgan fingerprint density at radius 3 is 2.24 bits per heavy atom. The summed E-state index contributed by atoms with van der Waals surface area (Å²) in [6, 6.07) is 4.74. The Morgan fingerprint density at radius 1 is 0.966 bits per heavy atom. The summed E-state index contributed by atoms with van der Waals surface area (Å²) in [6.45, 7) is 6.07. The van der Waals surface area contributed by atoms with E-state index in [2.05, 4.69) is 16.0 Å². The van der Waals surface area contributed by atoms with Crippen molar-refractivity contribution in [2.75, 3.05) is 26.2 Å². The van der Waals surface area contributed by atoms with E-state index in [1.165, 1.54) is 6.07 Å². The van der Waals surface area contributed by atoms with Gasteiger partial charge in [-0.15, -0.1) is 0 Å². The number of halogens is 2. The molecule has 0 saturated carbocycles. The fourth-order valence-corrected chi connectivity index (χ4v) is 2.47. The van der Waals surface area contributed by atoms with Crippen LogP contribution in [0, 0.1) is 0 Å². The average Bonchev–Trinajstić information content (AvgIpc) is 2.59. The third kappa shape index (κ3) is 12.1. The molecule has 0 spiro atoms. The molecule has 10 heteroatoms. The summed E-state index contributed by atoms with van der Waals surface area (Å²) in [5.74, 6) is -0.129. The van der Waals surface area contributed by atoms with Crippen LogP contribution in [0.3, 0.4) is 0 Å². The lowest BCUT2D eigenvalue weighted by atomic mass is 10.2. The molecule has 3 amide bonds. The molecule has 162 valence electrons. The molecular formula is C19H27Cl2N3O5. The van der Waals surface area contributed by atoms with Crippen LogP contribution in [0.1, 0.15) is 33.6 Å². The molecule has 0 aliphatic rings. The first kappa shape index (κ1) is 24.8. The Bertz CT molecular complexity index is 708. The van der Waals surface area contributed by atoms with Gasteiger partial charge in [-0.2, -0.15) is 0 Å². The van der Waals surface area contributed by atoms with Gasteiger partial charge in [-0.25, -0.2) is 4.79 Å². The number of alkyl carbamates (subject to hydrolysis) is 1. The number of carbonyl (C=O) groups excluding carboxylic acids is 3. The lowest BCUT2D eigenvalue weighted by Gasteiger charge is -2.19. The topological polar surface area (TPSA) is 106 Å². The molecule has 0 atom stereocenters. The molecule has 29 heavy (non-hydrogen) atoms. The molecule has 0 bridgehead atoms. The zero-order valence-corrected chi connectivity index (χ0v) is 18.3. The van der Waals surface area contributed by atoms with Gasteiger partial charge in [0.15, 0.2) is 6.61 Å². The van der Waals surface area contributed by atoms with Crippen molar-refractivity contribution in [3.05, 3.63) is 28.2 Å². The molecule has 1 aromatic rings. The predicted octanol–water partition coefficient (Wildman–Crippen LogP) is 2.91. The van der Waals surface area contributed by atoms with E-state index in [0.717, 1.165) is 0 Å². The Kier molecular flexibility index (Phi) is 10.6. The van der Waals surface area contributed by atoms with E-state index in [-0.39, 0.29) is 31.4 Å². The third-order valence-corrected chi connectivity index (χ3v) is 3.80. The highest BCUT2D eigenvalue weighted by molar-refractivity contribution is 6.35. The first-order valence-electron chi connectivity index (χ1n) is 9.15. The van der Waals surface area contributed by atoms with Gasteiger partial charge in [0.2, 0.25) is 5.91 Å². The molecule has 0 heterocycles. The second kappa shape index (κ2) is 12.4. The fourth-order valence-electron chi connectivity index (χ4n) is 2.01. The summed E-state index contributed by atoms with van der Waals surface area (Å²) in [6.07, 6.45) is 0.134. The second-order valence-corrected chi connectivity index (χ2v) is 7.94. The molecule has 0 saturated heterocycles. The first-order valence-corrected chi connectivity index (χ1v) is 9.90. The predicted molar refractivity (Wildman–Crippen MR) is 111 cm³/mol. The molecule has 0 unspecified atom stereocenters. The van der Waals surface area contributed by atoms with Crippen molar-refractivity contribution >= 4 is 41.1 Å². The van der Waals surface area contributed by atoms with E-state index in [4.69, 9.17) is 32.7 Å². The van der Waals surface area contributed by atoms with E-state index in [0.29, 0.717) is 35.3 Å². The van der Waals surface area contributed by atoms with Crippen LogP contribution in [0.2, 0.25) is 10.0 Å². The molecule has 0 aliphatic heterocycles. The summed E-state index contributed by atoms with van der Waals surface area (Å²) < 4.78 is 10.4. The van der Waals surface area contributed by atoms with Gasteiger partial charge in [0.1, 0.15) is 11.4 Å². The molecule has 1 rings (SSSR count). The number of hydrogen-bond acceptors (Lipinski definition) is 5. The van der Waals surface area contributed by atoms with Crippen LogP contribution in [0.15, 0.2) is 18.2 Å². The van der Waals surface area contributed by atoms with Gasteiger partial charge in [0, 0.05) is 31.1 Å². The normalized spacial score (nSPS) is 10.8. The first-order chi connectivity index (χ1) is 13.6. The van der Waals surface area contributed by atoms with E-state index in [9.17, 15) is 14.4 Å². The summed E-state index contributed by atoms with van der Waals surface area (Å²) >= 11 is 11.7. The van der Waals surface area contributed by atoms with E-state index >= 15 is 0 Å². The van der Waals surface area contributed by atoms with Crippen molar-refractivity contribution in [1.82, 2.24) is 16.0 Å². The highest BCUT2D eigenvalue weighted by Crippen LogP contribution is 2.27. The third-order valence-electron chi connectivity index (χ3n) is 3.27. The van der Waals surface area contributed by atoms with Gasteiger partial charge < -0.3 is 25.4 Å². The Balaban J connectivity index is 2.07. The lowest BCUT2D eigenvalue weighted by molar-refractivity contribution is -0.123. The summed E-state index contributed by atoms with van der Waals surface area (Å²) in [4.78, 5) is 34.9. The van der Waals surface area contributed by atoms with Crippen LogP contribution in [-0.2, 0) is 14.3 Å². The number of hydrogen-bond donors (Lipinski definition) is 3. The largest absolute Gasteiger partial charge is 0.482 e. The number of nitrogens with one attached hydrogen (secondary N) is 3. The number of ether oxygens (including phenoxy) is 2. The van der Waals surface area contributed by atoms with E-state index < -0.39 is 11.7 Å². The highest BCUT2D eigenvalue weighted by Gasteiger charge is 2.15. The van der Waals surface area contributed by atoms with Crippen LogP contribution in [-0.4, -0.2) is 49.7 Å². The second-order valence-electron chi connectivity index (χ2n) is 7.10. The van der Waals surface area contributed by atoms with Crippen molar-refractivity contribution in [1.29, 1.82) is 0 Å². The fraction of sp³-hybridized carbons (Fsp3) is 0.526. The quantitative estimate of drug-likeness (QED) is 0.478. The van der Waals surface area contributed by atoms with Gasteiger partial charge in [-0.3, -0.25) is 9.59 Å². The summed E-state index contributed by atoms with van der Waals surface area (Å²) in [7, 11) is 0. The smallest absolute Gasteiger partial charge is 0.407 e. The standard InChI is InChI=1S/C19H27Cl2N3O5/c1-19(2,3)29-18(27)24-10-7-16(25)22-8-4-9-23-17(26)12-28-15-6-5-13(20)11-14(15)21/h5-6,11H,4,7-10,12H2,1-3H3,(H,22,25)(H,23,26)(H,24,27). The van der Waals surface area contributed by atoms with Crippen LogP contribution in [0.4, 0.5) is 4.79 Å². The molecule has 3 N–H and O–H groups in total. The Labute approximate surface area is 180 Å². The van der Waals surface area contributed by atoms with Crippen LogP contribution >= 0.6 is 23.2 Å². The van der Waals surface area contributed by atoms with Crippen molar-refractivity contribution in [3.63, 3.8) is 0 Å². The maximum absolute atomic E-state index is 11.8. The number of benzene rings is 1. The minimum atomic E-state index is -0.580.